The molecule has 2 aromatic carbocycles. The van der Waals surface area contributed by atoms with Gasteiger partial charge in [-0.3, -0.25) is 14.9 Å². The van der Waals surface area contributed by atoms with Crippen molar-refractivity contribution in [3.8, 4) is 0 Å². The summed E-state index contributed by atoms with van der Waals surface area (Å²) < 4.78 is 5.82. The molecule has 1 aromatic heterocycles. The van der Waals surface area contributed by atoms with Crippen LogP contribution in [0.25, 0.3) is 21.9 Å². The first kappa shape index (κ1) is 14.7. The first-order valence-electron chi connectivity index (χ1n) is 8.03. The summed E-state index contributed by atoms with van der Waals surface area (Å²) in [5, 5.41) is 11.8. The van der Waals surface area contributed by atoms with E-state index in [0.717, 1.165) is 31.6 Å². The van der Waals surface area contributed by atoms with Gasteiger partial charge in [0, 0.05) is 30.9 Å². The summed E-state index contributed by atoms with van der Waals surface area (Å²) in [4.78, 5) is 25.3. The van der Waals surface area contributed by atoms with Gasteiger partial charge in [-0.05, 0) is 37.5 Å². The summed E-state index contributed by atoms with van der Waals surface area (Å²) >= 11 is 0. The third kappa shape index (κ3) is 2.40. The van der Waals surface area contributed by atoms with Crippen LogP contribution >= 0.6 is 0 Å². The van der Waals surface area contributed by atoms with Crippen molar-refractivity contribution in [1.29, 1.82) is 0 Å². The number of hydrogen-bond donors (Lipinski definition) is 0. The molecule has 0 amide bonds. The van der Waals surface area contributed by atoms with Gasteiger partial charge in [0.15, 0.2) is 0 Å². The van der Waals surface area contributed by atoms with Gasteiger partial charge in [0.05, 0.1) is 21.8 Å². The van der Waals surface area contributed by atoms with Gasteiger partial charge in [-0.25, -0.2) is 0 Å². The molecular weight excluding hydrogens is 308 g/mol. The Labute approximate surface area is 137 Å². The highest BCUT2D eigenvalue weighted by Crippen LogP contribution is 2.27. The van der Waals surface area contributed by atoms with E-state index in [2.05, 4.69) is 4.90 Å². The minimum absolute atomic E-state index is 0.0859. The maximum Gasteiger partial charge on any atom is 0.273 e. The topological polar surface area (TPSA) is 76.6 Å². The van der Waals surface area contributed by atoms with Crippen LogP contribution in [0.4, 0.5) is 11.4 Å². The van der Waals surface area contributed by atoms with Crippen LogP contribution in [0.3, 0.4) is 0 Å². The Morgan fingerprint density at radius 3 is 2.33 bits per heavy atom. The van der Waals surface area contributed by atoms with E-state index in [9.17, 15) is 14.9 Å². The van der Waals surface area contributed by atoms with Crippen LogP contribution in [0.15, 0.2) is 45.6 Å². The summed E-state index contributed by atoms with van der Waals surface area (Å²) in [6, 6.07) is 9.68. The fourth-order valence-electron chi connectivity index (χ4n) is 3.29. The largest absolute Gasteiger partial charge is 0.455 e. The summed E-state index contributed by atoms with van der Waals surface area (Å²) in [7, 11) is 0. The van der Waals surface area contributed by atoms with Crippen molar-refractivity contribution < 1.29 is 9.34 Å². The Hall–Kier alpha value is -2.89. The molecule has 0 saturated carbocycles. The molecule has 122 valence electrons. The van der Waals surface area contributed by atoms with E-state index in [0.29, 0.717) is 16.4 Å². The Morgan fingerprint density at radius 2 is 1.62 bits per heavy atom. The lowest BCUT2D eigenvalue weighted by Gasteiger charge is -2.28. The lowest BCUT2D eigenvalue weighted by Crippen LogP contribution is -2.29. The molecule has 4 rings (SSSR count). The molecule has 1 aliphatic rings. The normalized spacial score (nSPS) is 15.1. The van der Waals surface area contributed by atoms with Crippen molar-refractivity contribution >= 4 is 33.3 Å². The molecule has 6 nitrogen and oxygen atoms in total. The van der Waals surface area contributed by atoms with Crippen molar-refractivity contribution in [1.82, 2.24) is 0 Å². The van der Waals surface area contributed by atoms with Gasteiger partial charge in [-0.1, -0.05) is 0 Å². The quantitative estimate of drug-likeness (QED) is 0.406. The first-order chi connectivity index (χ1) is 11.6. The molecule has 0 aliphatic carbocycles. The van der Waals surface area contributed by atoms with E-state index in [1.54, 1.807) is 6.07 Å². The molecule has 0 radical (unpaired) electrons. The van der Waals surface area contributed by atoms with Crippen LogP contribution in [-0.2, 0) is 0 Å². The third-order valence-electron chi connectivity index (χ3n) is 4.57. The zero-order valence-electron chi connectivity index (χ0n) is 13.0. The second kappa shape index (κ2) is 5.63. The Balaban J connectivity index is 1.90. The second-order valence-electron chi connectivity index (χ2n) is 6.10. The van der Waals surface area contributed by atoms with E-state index in [4.69, 9.17) is 4.42 Å². The highest BCUT2D eigenvalue weighted by atomic mass is 16.6. The number of nitrogens with zero attached hydrogens (tertiary/aromatic N) is 2. The number of rotatable bonds is 2. The number of hydrogen-bond acceptors (Lipinski definition) is 5. The maximum atomic E-state index is 12.6. The second-order valence-corrected chi connectivity index (χ2v) is 6.10. The van der Waals surface area contributed by atoms with Crippen LogP contribution in [-0.4, -0.2) is 18.0 Å². The Bertz CT molecular complexity index is 1000. The monoisotopic (exact) mass is 324 g/mol. The van der Waals surface area contributed by atoms with E-state index < -0.39 is 4.92 Å². The van der Waals surface area contributed by atoms with Crippen LogP contribution in [0.1, 0.15) is 19.3 Å². The summed E-state index contributed by atoms with van der Waals surface area (Å²) in [5.41, 5.74) is 1.49. The lowest BCUT2D eigenvalue weighted by atomic mass is 10.1. The van der Waals surface area contributed by atoms with Gasteiger partial charge in [0.25, 0.3) is 5.69 Å². The number of fused-ring (bicyclic) bond motifs is 2. The number of anilines is 1. The highest BCUT2D eigenvalue weighted by molar-refractivity contribution is 5.91. The molecule has 24 heavy (non-hydrogen) atoms. The molecule has 0 N–H and O–H groups in total. The molecule has 1 aliphatic heterocycles. The van der Waals surface area contributed by atoms with Gasteiger partial charge < -0.3 is 9.32 Å². The number of non-ortho nitro benzene ring substituents is 1. The van der Waals surface area contributed by atoms with Crippen molar-refractivity contribution in [3.63, 3.8) is 0 Å². The predicted molar refractivity (Wildman–Crippen MR) is 92.7 cm³/mol. The smallest absolute Gasteiger partial charge is 0.273 e. The third-order valence-corrected chi connectivity index (χ3v) is 4.57. The SMILES string of the molecule is O=c1c2ccc(N3CCCCC3)cc2oc2cc([N+](=O)[O-])ccc12. The van der Waals surface area contributed by atoms with E-state index in [1.807, 2.05) is 12.1 Å². The molecule has 0 bridgehead atoms. The molecule has 0 spiro atoms. The zero-order chi connectivity index (χ0) is 16.7. The fourth-order valence-corrected chi connectivity index (χ4v) is 3.29. The van der Waals surface area contributed by atoms with Crippen LogP contribution in [0.2, 0.25) is 0 Å². The fraction of sp³-hybridized carbons (Fsp3) is 0.278. The van der Waals surface area contributed by atoms with Crippen LogP contribution in [0, 0.1) is 10.1 Å². The molecule has 6 heteroatoms. The average molecular weight is 324 g/mol. The summed E-state index contributed by atoms with van der Waals surface area (Å²) in [6.07, 6.45) is 3.56. The minimum atomic E-state index is -0.492. The minimum Gasteiger partial charge on any atom is -0.455 e. The molecule has 1 saturated heterocycles. The maximum absolute atomic E-state index is 12.6. The van der Waals surface area contributed by atoms with E-state index >= 15 is 0 Å². The van der Waals surface area contributed by atoms with E-state index in [1.165, 1.54) is 24.6 Å². The molecule has 0 unspecified atom stereocenters. The van der Waals surface area contributed by atoms with Gasteiger partial charge in [-0.2, -0.15) is 0 Å². The van der Waals surface area contributed by atoms with Crippen molar-refractivity contribution in [2.45, 2.75) is 19.3 Å². The molecule has 0 atom stereocenters. The van der Waals surface area contributed by atoms with Crippen molar-refractivity contribution in [2.24, 2.45) is 0 Å². The standard InChI is InChI=1S/C18H16N2O4/c21-18-14-6-4-12(19-8-2-1-3-9-19)10-16(14)24-17-11-13(20(22)23)5-7-15(17)18/h4-7,10-11H,1-3,8-9H2. The molecule has 3 aromatic rings. The number of piperidine rings is 1. The molecular formula is C18H16N2O4. The van der Waals surface area contributed by atoms with Crippen molar-refractivity contribution in [2.75, 3.05) is 18.0 Å². The molecule has 1 fully saturated rings. The Morgan fingerprint density at radius 1 is 0.958 bits per heavy atom. The highest BCUT2D eigenvalue weighted by Gasteiger charge is 2.15. The van der Waals surface area contributed by atoms with Gasteiger partial charge >= 0.3 is 0 Å². The lowest BCUT2D eigenvalue weighted by molar-refractivity contribution is -0.384. The number of benzene rings is 2. The van der Waals surface area contributed by atoms with Crippen molar-refractivity contribution in [3.05, 3.63) is 56.7 Å². The summed E-state index contributed by atoms with van der Waals surface area (Å²) in [6.45, 7) is 1.99. The van der Waals surface area contributed by atoms with Crippen LogP contribution < -0.4 is 10.3 Å². The predicted octanol–water partition coefficient (Wildman–Crippen LogP) is 3.84. The summed E-state index contributed by atoms with van der Waals surface area (Å²) in [5.74, 6) is 0. The molecule has 2 heterocycles. The average Bonchev–Trinajstić information content (AvgIpc) is 2.61. The number of nitro benzene ring substituents is 1. The Kier molecular flexibility index (Phi) is 3.45. The van der Waals surface area contributed by atoms with Crippen LogP contribution in [0.5, 0.6) is 0 Å². The van der Waals surface area contributed by atoms with Gasteiger partial charge in [0.1, 0.15) is 11.2 Å². The van der Waals surface area contributed by atoms with Gasteiger partial charge in [0.2, 0.25) is 5.43 Å². The number of nitro groups is 1. The first-order valence-corrected chi connectivity index (χ1v) is 8.03. The van der Waals surface area contributed by atoms with E-state index in [-0.39, 0.29) is 16.7 Å². The van der Waals surface area contributed by atoms with Gasteiger partial charge in [-0.15, -0.1) is 0 Å². The zero-order valence-corrected chi connectivity index (χ0v) is 13.0.